The monoisotopic (exact) mass is 203 g/mol. The van der Waals surface area contributed by atoms with E-state index in [1.807, 2.05) is 0 Å². The van der Waals surface area contributed by atoms with E-state index in [2.05, 4.69) is 0 Å². The van der Waals surface area contributed by atoms with Crippen LogP contribution in [-0.2, 0) is 9.59 Å². The van der Waals surface area contributed by atoms with E-state index in [9.17, 15) is 9.59 Å². The van der Waals surface area contributed by atoms with Crippen LogP contribution in [0, 0.1) is 0 Å². The zero-order valence-electron chi connectivity index (χ0n) is 7.83. The first-order valence-electron chi connectivity index (χ1n) is 4.35. The maximum Gasteiger partial charge on any atom is 0.269 e. The minimum Gasteiger partial charge on any atom is -0.364 e. The van der Waals surface area contributed by atoms with Gasteiger partial charge in [0.1, 0.15) is 5.70 Å². The van der Waals surface area contributed by atoms with Crippen LogP contribution in [0.5, 0.6) is 0 Å². The molecule has 0 radical (unpaired) electrons. The predicted molar refractivity (Wildman–Crippen MR) is 53.4 cm³/mol. The van der Waals surface area contributed by atoms with Gasteiger partial charge in [-0.1, -0.05) is 6.08 Å². The van der Waals surface area contributed by atoms with Crippen LogP contribution in [0.25, 0.3) is 0 Å². The smallest absolute Gasteiger partial charge is 0.269 e. The molecule has 0 fully saturated rings. The fourth-order valence-corrected chi connectivity index (χ4v) is 1.35. The van der Waals surface area contributed by atoms with Crippen LogP contribution in [0.15, 0.2) is 48.5 Å². The third kappa shape index (κ3) is 1.54. The second-order valence-electron chi connectivity index (χ2n) is 2.99. The number of fused-ring (bicyclic) bond motifs is 1. The van der Waals surface area contributed by atoms with Gasteiger partial charge in [-0.05, 0) is 18.2 Å². The number of allylic oxidation sites excluding steroid dienone is 4. The van der Waals surface area contributed by atoms with Gasteiger partial charge in [-0.25, -0.2) is 10.0 Å². The first-order valence-corrected chi connectivity index (χ1v) is 4.35. The van der Waals surface area contributed by atoms with Crippen molar-refractivity contribution in [1.29, 1.82) is 0 Å². The molecule has 0 aromatic heterocycles. The molecule has 0 unspecified atom stereocenters. The van der Waals surface area contributed by atoms with Crippen molar-refractivity contribution < 1.29 is 9.59 Å². The number of hydrogen-bond acceptors (Lipinski definition) is 3. The quantitative estimate of drug-likeness (QED) is 0.653. The molecule has 5 heteroatoms. The topological polar surface area (TPSA) is 66.6 Å². The molecule has 2 rings (SSSR count). The van der Waals surface area contributed by atoms with E-state index in [1.165, 1.54) is 16.1 Å². The number of carbonyl (C=O) groups is 2. The minimum absolute atomic E-state index is 0.233. The summed E-state index contributed by atoms with van der Waals surface area (Å²) in [5.74, 6) is -0.813. The SMILES string of the molecule is NC(=O)C1=CC=CN2C(=O)C=CC=CN12. The van der Waals surface area contributed by atoms with Crippen LogP contribution >= 0.6 is 0 Å². The summed E-state index contributed by atoms with van der Waals surface area (Å²) >= 11 is 0. The Morgan fingerprint density at radius 2 is 1.87 bits per heavy atom. The Hall–Kier alpha value is -2.30. The number of amides is 2. The average molecular weight is 203 g/mol. The fraction of sp³-hybridized carbons (Fsp3) is 0. The first-order chi connectivity index (χ1) is 7.20. The summed E-state index contributed by atoms with van der Waals surface area (Å²) < 4.78 is 0. The van der Waals surface area contributed by atoms with Crippen molar-refractivity contribution in [2.75, 3.05) is 0 Å². The van der Waals surface area contributed by atoms with Crippen molar-refractivity contribution in [1.82, 2.24) is 10.0 Å². The van der Waals surface area contributed by atoms with Crippen molar-refractivity contribution in [3.05, 3.63) is 48.5 Å². The van der Waals surface area contributed by atoms with E-state index < -0.39 is 5.91 Å². The molecule has 0 aromatic carbocycles. The second-order valence-corrected chi connectivity index (χ2v) is 2.99. The van der Waals surface area contributed by atoms with Gasteiger partial charge >= 0.3 is 0 Å². The third-order valence-electron chi connectivity index (χ3n) is 2.02. The molecule has 5 nitrogen and oxygen atoms in total. The summed E-state index contributed by atoms with van der Waals surface area (Å²) in [6.45, 7) is 0. The minimum atomic E-state index is -0.580. The van der Waals surface area contributed by atoms with Crippen LogP contribution in [0.2, 0.25) is 0 Å². The van der Waals surface area contributed by atoms with Crippen molar-refractivity contribution in [2.24, 2.45) is 5.73 Å². The van der Waals surface area contributed by atoms with Gasteiger partial charge in [0.2, 0.25) is 0 Å². The molecule has 2 aliphatic rings. The predicted octanol–water partition coefficient (Wildman–Crippen LogP) is 0.0120. The van der Waals surface area contributed by atoms with E-state index in [-0.39, 0.29) is 11.6 Å². The number of hydrogen-bond donors (Lipinski definition) is 1. The molecule has 0 aliphatic carbocycles. The largest absolute Gasteiger partial charge is 0.364 e. The van der Waals surface area contributed by atoms with Gasteiger partial charge in [-0.15, -0.1) is 0 Å². The fourth-order valence-electron chi connectivity index (χ4n) is 1.35. The molecular weight excluding hydrogens is 194 g/mol. The highest BCUT2D eigenvalue weighted by Gasteiger charge is 2.24. The van der Waals surface area contributed by atoms with Crippen molar-refractivity contribution in [3.8, 4) is 0 Å². The van der Waals surface area contributed by atoms with Gasteiger partial charge in [0, 0.05) is 18.5 Å². The lowest BCUT2D eigenvalue weighted by atomic mass is 10.3. The van der Waals surface area contributed by atoms with E-state index in [0.29, 0.717) is 0 Å². The number of carbonyl (C=O) groups excluding carboxylic acids is 2. The van der Waals surface area contributed by atoms with Crippen molar-refractivity contribution in [2.45, 2.75) is 0 Å². The highest BCUT2D eigenvalue weighted by Crippen LogP contribution is 2.17. The Morgan fingerprint density at radius 1 is 1.13 bits per heavy atom. The van der Waals surface area contributed by atoms with Gasteiger partial charge in [0.25, 0.3) is 11.8 Å². The lowest BCUT2D eigenvalue weighted by molar-refractivity contribution is -0.133. The summed E-state index contributed by atoms with van der Waals surface area (Å²) in [6.07, 6.45) is 11.0. The van der Waals surface area contributed by atoms with Crippen molar-refractivity contribution >= 4 is 11.8 Å². The molecule has 0 bridgehead atoms. The Labute approximate surface area is 86.4 Å². The Kier molecular flexibility index (Phi) is 2.13. The van der Waals surface area contributed by atoms with Gasteiger partial charge in [0.05, 0.1) is 0 Å². The number of nitrogens with zero attached hydrogens (tertiary/aromatic N) is 2. The van der Waals surface area contributed by atoms with E-state index in [0.717, 1.165) is 0 Å². The molecule has 0 spiro atoms. The molecule has 15 heavy (non-hydrogen) atoms. The standard InChI is InChI=1S/C10H9N3O2/c11-10(15)8-4-3-7-13-9(14)5-1-2-6-12(8)13/h1-7H,(H2,11,15). The molecule has 2 amide bonds. The molecule has 2 heterocycles. The highest BCUT2D eigenvalue weighted by atomic mass is 16.2. The molecule has 0 atom stereocenters. The second kappa shape index (κ2) is 3.45. The normalized spacial score (nSPS) is 18.7. The lowest BCUT2D eigenvalue weighted by Crippen LogP contribution is -2.42. The Bertz CT molecular complexity index is 432. The van der Waals surface area contributed by atoms with E-state index in [1.54, 1.807) is 36.7 Å². The lowest BCUT2D eigenvalue weighted by Gasteiger charge is -2.32. The number of nitrogens with two attached hydrogens (primary N) is 1. The summed E-state index contributed by atoms with van der Waals surface area (Å²) in [4.78, 5) is 22.7. The number of rotatable bonds is 1. The molecule has 0 saturated carbocycles. The van der Waals surface area contributed by atoms with Gasteiger partial charge in [-0.3, -0.25) is 9.59 Å². The summed E-state index contributed by atoms with van der Waals surface area (Å²) in [6, 6.07) is 0. The number of hydrazine groups is 1. The maximum atomic E-state index is 11.5. The van der Waals surface area contributed by atoms with Gasteiger partial charge < -0.3 is 5.73 Å². The Morgan fingerprint density at radius 3 is 2.60 bits per heavy atom. The summed E-state index contributed by atoms with van der Waals surface area (Å²) in [7, 11) is 0. The molecular formula is C10H9N3O2. The zero-order chi connectivity index (χ0) is 10.8. The van der Waals surface area contributed by atoms with E-state index in [4.69, 9.17) is 5.73 Å². The average Bonchev–Trinajstić information content (AvgIpc) is 2.40. The molecule has 0 saturated heterocycles. The third-order valence-corrected chi connectivity index (χ3v) is 2.02. The van der Waals surface area contributed by atoms with E-state index >= 15 is 0 Å². The van der Waals surface area contributed by atoms with Gasteiger partial charge in [-0.2, -0.15) is 0 Å². The maximum absolute atomic E-state index is 11.5. The summed E-state index contributed by atoms with van der Waals surface area (Å²) in [5.41, 5.74) is 5.45. The summed E-state index contributed by atoms with van der Waals surface area (Å²) in [5, 5.41) is 2.71. The van der Waals surface area contributed by atoms with Gasteiger partial charge in [0.15, 0.2) is 0 Å². The van der Waals surface area contributed by atoms with Crippen LogP contribution in [0.4, 0.5) is 0 Å². The zero-order valence-corrected chi connectivity index (χ0v) is 7.83. The molecule has 2 N–H and O–H groups in total. The molecule has 2 aliphatic heterocycles. The van der Waals surface area contributed by atoms with Crippen LogP contribution in [-0.4, -0.2) is 21.8 Å². The van der Waals surface area contributed by atoms with Crippen LogP contribution < -0.4 is 5.73 Å². The molecule has 0 aromatic rings. The first kappa shape index (κ1) is 9.26. The van der Waals surface area contributed by atoms with Crippen molar-refractivity contribution in [3.63, 3.8) is 0 Å². The molecule has 76 valence electrons. The van der Waals surface area contributed by atoms with Crippen LogP contribution in [0.1, 0.15) is 0 Å². The highest BCUT2D eigenvalue weighted by molar-refractivity contribution is 5.94. The Balaban J connectivity index is 2.41. The number of primary amides is 1. The van der Waals surface area contributed by atoms with Crippen LogP contribution in [0.3, 0.4) is 0 Å².